The van der Waals surface area contributed by atoms with E-state index in [4.69, 9.17) is 4.74 Å². The number of aromatic amines is 1. The zero-order chi connectivity index (χ0) is 18.5. The minimum atomic E-state index is -1.08. The zero-order valence-electron chi connectivity index (χ0n) is 14.2. The van der Waals surface area contributed by atoms with Crippen LogP contribution in [0.1, 0.15) is 35.2 Å². The molecule has 1 fully saturated rings. The molecule has 0 spiro atoms. The molecule has 26 heavy (non-hydrogen) atoms. The van der Waals surface area contributed by atoms with Gasteiger partial charge in [0.05, 0.1) is 18.3 Å². The Bertz CT molecular complexity index is 1020. The molecule has 3 aromatic rings. The number of hydrogen-bond acceptors (Lipinski definition) is 3. The normalized spacial score (nSPS) is 15.7. The second-order valence-electron chi connectivity index (χ2n) is 6.69. The highest BCUT2D eigenvalue weighted by Crippen LogP contribution is 2.46. The van der Waals surface area contributed by atoms with Crippen molar-refractivity contribution in [3.63, 3.8) is 0 Å². The largest absolute Gasteiger partial charge is 0.496 e. The summed E-state index contributed by atoms with van der Waals surface area (Å²) < 4.78 is 20.0. The molecule has 0 unspecified atom stereocenters. The van der Waals surface area contributed by atoms with Crippen LogP contribution in [-0.2, 0) is 5.60 Å². The fourth-order valence-corrected chi connectivity index (χ4v) is 3.57. The van der Waals surface area contributed by atoms with E-state index in [1.165, 1.54) is 25.4 Å². The molecule has 0 bridgehead atoms. The predicted molar refractivity (Wildman–Crippen MR) is 95.0 cm³/mol. The number of ether oxygens (including phenoxy) is 1. The van der Waals surface area contributed by atoms with Gasteiger partial charge in [0.15, 0.2) is 0 Å². The molecule has 0 aliphatic heterocycles. The number of carbonyl (C=O) groups is 1. The molecule has 1 aliphatic carbocycles. The Labute approximate surface area is 149 Å². The number of benzene rings is 2. The van der Waals surface area contributed by atoms with E-state index in [-0.39, 0.29) is 11.1 Å². The number of nitrogens with one attached hydrogen (secondary N) is 1. The van der Waals surface area contributed by atoms with Crippen molar-refractivity contribution < 1.29 is 24.1 Å². The molecule has 0 amide bonds. The fourth-order valence-electron chi connectivity index (χ4n) is 3.57. The molecule has 0 saturated heterocycles. The first-order valence-corrected chi connectivity index (χ1v) is 8.38. The molecular formula is C20H18FNO4. The summed E-state index contributed by atoms with van der Waals surface area (Å²) in [6, 6.07) is 7.98. The Morgan fingerprint density at radius 1 is 1.27 bits per heavy atom. The number of carboxylic acid groups (broad SMARTS) is 1. The maximum atomic E-state index is 14.6. The molecule has 4 rings (SSSR count). The third-order valence-electron chi connectivity index (χ3n) is 5.19. The van der Waals surface area contributed by atoms with E-state index in [9.17, 15) is 19.4 Å². The average molecular weight is 355 g/mol. The smallest absolute Gasteiger partial charge is 0.337 e. The van der Waals surface area contributed by atoms with Crippen LogP contribution in [0.3, 0.4) is 0 Å². The molecule has 1 saturated carbocycles. The minimum absolute atomic E-state index is 0.0913. The summed E-state index contributed by atoms with van der Waals surface area (Å²) in [6.07, 6.45) is 3.66. The molecule has 6 heteroatoms. The number of H-pyrrole nitrogens is 1. The monoisotopic (exact) mass is 355 g/mol. The van der Waals surface area contributed by atoms with Crippen LogP contribution >= 0.6 is 0 Å². The van der Waals surface area contributed by atoms with Crippen LogP contribution in [0.4, 0.5) is 4.39 Å². The number of aromatic nitrogens is 1. The van der Waals surface area contributed by atoms with Gasteiger partial charge >= 0.3 is 5.97 Å². The van der Waals surface area contributed by atoms with Gasteiger partial charge in [-0.15, -0.1) is 0 Å². The Kier molecular flexibility index (Phi) is 3.73. The second-order valence-corrected chi connectivity index (χ2v) is 6.69. The quantitative estimate of drug-likeness (QED) is 0.659. The summed E-state index contributed by atoms with van der Waals surface area (Å²) >= 11 is 0. The number of hydrogen-bond donors (Lipinski definition) is 3. The highest BCUT2D eigenvalue weighted by Gasteiger charge is 2.38. The first-order valence-electron chi connectivity index (χ1n) is 8.38. The van der Waals surface area contributed by atoms with Gasteiger partial charge in [0, 0.05) is 28.2 Å². The molecule has 1 aliphatic rings. The lowest BCUT2D eigenvalue weighted by atomic mass is 9.74. The van der Waals surface area contributed by atoms with Gasteiger partial charge in [-0.25, -0.2) is 9.18 Å². The summed E-state index contributed by atoms with van der Waals surface area (Å²) in [6.45, 7) is 0. The molecule has 0 atom stereocenters. The van der Waals surface area contributed by atoms with Crippen molar-refractivity contribution in [2.45, 2.75) is 24.9 Å². The van der Waals surface area contributed by atoms with Crippen LogP contribution in [0.15, 0.2) is 36.5 Å². The molecule has 0 radical (unpaired) electrons. The van der Waals surface area contributed by atoms with Crippen LogP contribution in [0.25, 0.3) is 22.0 Å². The first kappa shape index (κ1) is 16.6. The summed E-state index contributed by atoms with van der Waals surface area (Å²) in [4.78, 5) is 14.1. The average Bonchev–Trinajstić information content (AvgIpc) is 3.01. The number of halogens is 1. The Balaban J connectivity index is 1.85. The third kappa shape index (κ3) is 2.45. The van der Waals surface area contributed by atoms with Crippen molar-refractivity contribution in [3.8, 4) is 16.9 Å². The van der Waals surface area contributed by atoms with Gasteiger partial charge in [-0.2, -0.15) is 0 Å². The first-order chi connectivity index (χ1) is 12.4. The van der Waals surface area contributed by atoms with Crippen LogP contribution < -0.4 is 4.74 Å². The fraction of sp³-hybridized carbons (Fsp3) is 0.250. The summed E-state index contributed by atoms with van der Waals surface area (Å²) in [5, 5.41) is 20.3. The Morgan fingerprint density at radius 2 is 2.04 bits per heavy atom. The number of carboxylic acids is 1. The minimum Gasteiger partial charge on any atom is -0.496 e. The molecule has 3 N–H and O–H groups in total. The molecule has 134 valence electrons. The topological polar surface area (TPSA) is 82.5 Å². The lowest BCUT2D eigenvalue weighted by molar-refractivity contribution is -0.0404. The van der Waals surface area contributed by atoms with Gasteiger partial charge in [-0.3, -0.25) is 0 Å². The molecular weight excluding hydrogens is 337 g/mol. The highest BCUT2D eigenvalue weighted by atomic mass is 19.1. The van der Waals surface area contributed by atoms with Gasteiger partial charge in [-0.1, -0.05) is 12.1 Å². The highest BCUT2D eigenvalue weighted by molar-refractivity contribution is 6.04. The third-order valence-corrected chi connectivity index (χ3v) is 5.19. The van der Waals surface area contributed by atoms with Gasteiger partial charge in [-0.05, 0) is 43.0 Å². The second kappa shape index (κ2) is 5.85. The van der Waals surface area contributed by atoms with Gasteiger partial charge in [0.2, 0.25) is 0 Å². The lowest BCUT2D eigenvalue weighted by Crippen LogP contribution is -2.33. The van der Waals surface area contributed by atoms with Crippen LogP contribution in [-0.4, -0.2) is 28.3 Å². The summed E-state index contributed by atoms with van der Waals surface area (Å²) in [7, 11) is 1.51. The SMILES string of the molecule is COc1cc(-c2cc3c(C(=O)O)c[nH]c3cc2F)ccc1C1(O)CCC1. The van der Waals surface area contributed by atoms with Crippen LogP contribution in [0.2, 0.25) is 0 Å². The van der Waals surface area contributed by atoms with Crippen LogP contribution in [0, 0.1) is 5.82 Å². The zero-order valence-corrected chi connectivity index (χ0v) is 14.2. The maximum absolute atomic E-state index is 14.6. The summed E-state index contributed by atoms with van der Waals surface area (Å²) in [5.74, 6) is -1.04. The van der Waals surface area contributed by atoms with Crippen LogP contribution in [0.5, 0.6) is 5.75 Å². The van der Waals surface area contributed by atoms with Gasteiger partial charge in [0.25, 0.3) is 0 Å². The van der Waals surface area contributed by atoms with Crippen molar-refractivity contribution in [3.05, 3.63) is 53.5 Å². The standard InChI is InChI=1S/C20H18FNO4/c1-26-18-7-11(3-4-15(18)20(25)5-2-6-20)12-8-13-14(19(23)24)10-22-17(13)9-16(12)21/h3-4,7-10,22,25H,2,5-6H2,1H3,(H,23,24). The number of aliphatic hydroxyl groups is 1. The number of methoxy groups -OCH3 is 1. The van der Waals surface area contributed by atoms with Crippen molar-refractivity contribution in [1.29, 1.82) is 0 Å². The molecule has 2 aromatic carbocycles. The Morgan fingerprint density at radius 3 is 2.65 bits per heavy atom. The molecule has 1 heterocycles. The summed E-state index contributed by atoms with van der Waals surface area (Å²) in [5.41, 5.74) is 1.17. The number of fused-ring (bicyclic) bond motifs is 1. The van der Waals surface area contributed by atoms with Crippen molar-refractivity contribution in [1.82, 2.24) is 4.98 Å². The van der Waals surface area contributed by atoms with Crippen molar-refractivity contribution >= 4 is 16.9 Å². The van der Waals surface area contributed by atoms with E-state index < -0.39 is 17.4 Å². The van der Waals surface area contributed by atoms with E-state index in [1.54, 1.807) is 18.2 Å². The van der Waals surface area contributed by atoms with E-state index in [0.29, 0.717) is 40.6 Å². The molecule has 1 aromatic heterocycles. The lowest BCUT2D eigenvalue weighted by Gasteiger charge is -2.38. The Hall–Kier alpha value is -2.86. The van der Waals surface area contributed by atoms with E-state index in [0.717, 1.165) is 6.42 Å². The van der Waals surface area contributed by atoms with E-state index in [2.05, 4.69) is 4.98 Å². The number of aromatic carboxylic acids is 1. The van der Waals surface area contributed by atoms with Gasteiger partial charge < -0.3 is 19.9 Å². The van der Waals surface area contributed by atoms with E-state index >= 15 is 0 Å². The van der Waals surface area contributed by atoms with Crippen molar-refractivity contribution in [2.75, 3.05) is 7.11 Å². The number of rotatable bonds is 4. The van der Waals surface area contributed by atoms with Gasteiger partial charge in [0.1, 0.15) is 11.6 Å². The maximum Gasteiger partial charge on any atom is 0.337 e. The predicted octanol–water partition coefficient (Wildman–Crippen LogP) is 4.05. The van der Waals surface area contributed by atoms with Crippen molar-refractivity contribution in [2.24, 2.45) is 0 Å². The molecule has 5 nitrogen and oxygen atoms in total. The van der Waals surface area contributed by atoms with E-state index in [1.807, 2.05) is 0 Å².